The van der Waals surface area contributed by atoms with Crippen LogP contribution in [0, 0.1) is 16.7 Å². The van der Waals surface area contributed by atoms with Gasteiger partial charge in [-0.1, -0.05) is 0 Å². The Bertz CT molecular complexity index is 232. The number of nitriles is 1. The third-order valence-corrected chi connectivity index (χ3v) is 3.06. The first-order valence-electron chi connectivity index (χ1n) is 5.85. The highest BCUT2D eigenvalue weighted by atomic mass is 16.3. The SMILES string of the molecule is CC(C)(C#N)CCCN1CCCC(O)C1. The third-order valence-electron chi connectivity index (χ3n) is 3.06. The molecular formula is C12H22N2O. The lowest BCUT2D eigenvalue weighted by atomic mass is 9.89. The molecule has 3 heteroatoms. The molecule has 3 nitrogen and oxygen atoms in total. The van der Waals surface area contributed by atoms with E-state index in [0.29, 0.717) is 0 Å². The second kappa shape index (κ2) is 5.48. The Morgan fingerprint density at radius 3 is 2.87 bits per heavy atom. The Labute approximate surface area is 92.7 Å². The predicted molar refractivity (Wildman–Crippen MR) is 60.3 cm³/mol. The number of likely N-dealkylation sites (tertiary alicyclic amines) is 1. The van der Waals surface area contributed by atoms with E-state index < -0.39 is 0 Å². The number of hydrogen-bond donors (Lipinski definition) is 1. The summed E-state index contributed by atoms with van der Waals surface area (Å²) in [6.45, 7) is 6.90. The first-order chi connectivity index (χ1) is 7.03. The quantitative estimate of drug-likeness (QED) is 0.769. The molecule has 0 amide bonds. The molecule has 1 aliphatic rings. The fraction of sp³-hybridized carbons (Fsp3) is 0.917. The van der Waals surface area contributed by atoms with E-state index in [0.717, 1.165) is 45.3 Å². The van der Waals surface area contributed by atoms with E-state index in [-0.39, 0.29) is 11.5 Å². The normalized spacial score (nSPS) is 23.7. The highest BCUT2D eigenvalue weighted by Crippen LogP contribution is 2.21. The Balaban J connectivity index is 2.18. The molecule has 15 heavy (non-hydrogen) atoms. The van der Waals surface area contributed by atoms with Crippen LogP contribution in [0.25, 0.3) is 0 Å². The van der Waals surface area contributed by atoms with Crippen LogP contribution in [0.4, 0.5) is 0 Å². The fourth-order valence-electron chi connectivity index (χ4n) is 2.03. The summed E-state index contributed by atoms with van der Waals surface area (Å²) < 4.78 is 0. The number of piperidine rings is 1. The second-order valence-electron chi connectivity index (χ2n) is 5.20. The molecule has 0 saturated carbocycles. The Hall–Kier alpha value is -0.590. The standard InChI is InChI=1S/C12H22N2O/c1-12(2,10-13)6-4-8-14-7-3-5-11(15)9-14/h11,15H,3-9H2,1-2H3. The summed E-state index contributed by atoms with van der Waals surface area (Å²) in [5.41, 5.74) is -0.200. The van der Waals surface area contributed by atoms with Crippen molar-refractivity contribution < 1.29 is 5.11 Å². The molecule has 0 spiro atoms. The van der Waals surface area contributed by atoms with E-state index in [1.165, 1.54) is 0 Å². The smallest absolute Gasteiger partial charge is 0.0683 e. The maximum atomic E-state index is 9.49. The summed E-state index contributed by atoms with van der Waals surface area (Å²) in [4.78, 5) is 2.31. The number of rotatable bonds is 4. The minimum absolute atomic E-state index is 0.136. The zero-order valence-electron chi connectivity index (χ0n) is 9.87. The summed E-state index contributed by atoms with van der Waals surface area (Å²) in [6, 6.07) is 2.32. The lowest BCUT2D eigenvalue weighted by Gasteiger charge is -2.30. The molecule has 1 atom stereocenters. The molecule has 1 heterocycles. The van der Waals surface area contributed by atoms with E-state index in [1.54, 1.807) is 0 Å². The summed E-state index contributed by atoms with van der Waals surface area (Å²) in [5, 5.41) is 18.4. The third kappa shape index (κ3) is 4.63. The predicted octanol–water partition coefficient (Wildman–Crippen LogP) is 1.77. The van der Waals surface area contributed by atoms with Crippen molar-refractivity contribution >= 4 is 0 Å². The Morgan fingerprint density at radius 1 is 1.53 bits per heavy atom. The fourth-order valence-corrected chi connectivity index (χ4v) is 2.03. The zero-order chi connectivity index (χ0) is 11.3. The average molecular weight is 210 g/mol. The molecule has 1 fully saturated rings. The van der Waals surface area contributed by atoms with Crippen LogP contribution in [-0.2, 0) is 0 Å². The van der Waals surface area contributed by atoms with E-state index in [9.17, 15) is 5.11 Å². The second-order valence-corrected chi connectivity index (χ2v) is 5.20. The van der Waals surface area contributed by atoms with Gasteiger partial charge in [0.1, 0.15) is 0 Å². The van der Waals surface area contributed by atoms with Gasteiger partial charge in [-0.3, -0.25) is 0 Å². The van der Waals surface area contributed by atoms with E-state index in [1.807, 2.05) is 13.8 Å². The van der Waals surface area contributed by atoms with E-state index in [4.69, 9.17) is 5.26 Å². The van der Waals surface area contributed by atoms with Gasteiger partial charge in [-0.25, -0.2) is 0 Å². The highest BCUT2D eigenvalue weighted by molar-refractivity contribution is 4.91. The molecule has 1 N–H and O–H groups in total. The van der Waals surface area contributed by atoms with Crippen LogP contribution < -0.4 is 0 Å². The minimum Gasteiger partial charge on any atom is -0.392 e. The van der Waals surface area contributed by atoms with Gasteiger partial charge in [-0.2, -0.15) is 5.26 Å². The molecule has 0 aromatic rings. The van der Waals surface area contributed by atoms with Gasteiger partial charge in [0.05, 0.1) is 17.6 Å². The number of hydrogen-bond acceptors (Lipinski definition) is 3. The van der Waals surface area contributed by atoms with Gasteiger partial charge in [0.15, 0.2) is 0 Å². The van der Waals surface area contributed by atoms with Crippen LogP contribution >= 0.6 is 0 Å². The number of aliphatic hydroxyl groups excluding tert-OH is 1. The zero-order valence-corrected chi connectivity index (χ0v) is 9.87. The summed E-state index contributed by atoms with van der Waals surface area (Å²) in [6.07, 6.45) is 3.90. The van der Waals surface area contributed by atoms with E-state index >= 15 is 0 Å². The minimum atomic E-state index is -0.200. The molecule has 0 aromatic heterocycles. The van der Waals surface area contributed by atoms with Gasteiger partial charge < -0.3 is 10.0 Å². The number of β-amino-alcohol motifs (C(OH)–C–C–N with tert-alkyl or cyclic N) is 1. The van der Waals surface area contributed by atoms with Crippen molar-refractivity contribution in [2.75, 3.05) is 19.6 Å². The van der Waals surface area contributed by atoms with Crippen LogP contribution in [0.2, 0.25) is 0 Å². The first kappa shape index (κ1) is 12.5. The van der Waals surface area contributed by atoms with Crippen LogP contribution in [-0.4, -0.2) is 35.7 Å². The molecular weight excluding hydrogens is 188 g/mol. The molecule has 1 rings (SSSR count). The molecule has 1 aliphatic heterocycles. The van der Waals surface area contributed by atoms with Crippen LogP contribution in [0.1, 0.15) is 39.5 Å². The lowest BCUT2D eigenvalue weighted by molar-refractivity contribution is 0.0689. The van der Waals surface area contributed by atoms with Crippen LogP contribution in [0.15, 0.2) is 0 Å². The van der Waals surface area contributed by atoms with Crippen LogP contribution in [0.3, 0.4) is 0 Å². The van der Waals surface area contributed by atoms with Crippen molar-refractivity contribution in [1.29, 1.82) is 5.26 Å². The molecule has 0 radical (unpaired) electrons. The molecule has 0 aromatic carbocycles. The van der Waals surface area contributed by atoms with Gasteiger partial charge in [0.2, 0.25) is 0 Å². The molecule has 0 aliphatic carbocycles. The molecule has 1 unspecified atom stereocenters. The van der Waals surface area contributed by atoms with Crippen molar-refractivity contribution in [3.05, 3.63) is 0 Å². The average Bonchev–Trinajstić information content (AvgIpc) is 2.18. The maximum absolute atomic E-state index is 9.49. The summed E-state index contributed by atoms with van der Waals surface area (Å²) in [7, 11) is 0. The number of nitrogens with zero attached hydrogens (tertiary/aromatic N) is 2. The Morgan fingerprint density at radius 2 is 2.27 bits per heavy atom. The largest absolute Gasteiger partial charge is 0.392 e. The number of aliphatic hydroxyl groups is 1. The van der Waals surface area contributed by atoms with Gasteiger partial charge in [0, 0.05) is 6.54 Å². The first-order valence-corrected chi connectivity index (χ1v) is 5.85. The van der Waals surface area contributed by atoms with Gasteiger partial charge >= 0.3 is 0 Å². The monoisotopic (exact) mass is 210 g/mol. The Kier molecular flexibility index (Phi) is 4.56. The van der Waals surface area contributed by atoms with Gasteiger partial charge in [-0.05, 0) is 52.6 Å². The van der Waals surface area contributed by atoms with Gasteiger partial charge in [-0.15, -0.1) is 0 Å². The van der Waals surface area contributed by atoms with Crippen molar-refractivity contribution in [3.63, 3.8) is 0 Å². The molecule has 1 saturated heterocycles. The van der Waals surface area contributed by atoms with Crippen molar-refractivity contribution in [2.45, 2.75) is 45.6 Å². The van der Waals surface area contributed by atoms with Crippen molar-refractivity contribution in [2.24, 2.45) is 5.41 Å². The van der Waals surface area contributed by atoms with Crippen molar-refractivity contribution in [3.8, 4) is 6.07 Å². The van der Waals surface area contributed by atoms with Crippen LogP contribution in [0.5, 0.6) is 0 Å². The summed E-state index contributed by atoms with van der Waals surface area (Å²) >= 11 is 0. The summed E-state index contributed by atoms with van der Waals surface area (Å²) in [5.74, 6) is 0. The van der Waals surface area contributed by atoms with E-state index in [2.05, 4.69) is 11.0 Å². The molecule has 86 valence electrons. The maximum Gasteiger partial charge on any atom is 0.0683 e. The highest BCUT2D eigenvalue weighted by Gasteiger charge is 2.19. The van der Waals surface area contributed by atoms with Gasteiger partial charge in [0.25, 0.3) is 0 Å². The van der Waals surface area contributed by atoms with Crippen molar-refractivity contribution in [1.82, 2.24) is 4.90 Å². The lowest BCUT2D eigenvalue weighted by Crippen LogP contribution is -2.38. The molecule has 0 bridgehead atoms. The topological polar surface area (TPSA) is 47.3 Å².